The topological polar surface area (TPSA) is 134 Å². The molecule has 3 aromatic heterocycles. The monoisotopic (exact) mass is 598 g/mol. The summed E-state index contributed by atoms with van der Waals surface area (Å²) in [6, 6.07) is 21.4. The molecular weight excluding hydrogens is 573 g/mol. The quantitative estimate of drug-likeness (QED) is 0.159. The first-order valence-corrected chi connectivity index (χ1v) is 14.6. The van der Waals surface area contributed by atoms with Gasteiger partial charge in [0.25, 0.3) is 0 Å². The van der Waals surface area contributed by atoms with Gasteiger partial charge in [-0.3, -0.25) is 9.72 Å². The summed E-state index contributed by atoms with van der Waals surface area (Å²) in [7, 11) is 0. The summed E-state index contributed by atoms with van der Waals surface area (Å²) in [6.45, 7) is 6.14. The molecular formula is C30H26N6O4S2. The van der Waals surface area contributed by atoms with Gasteiger partial charge in [0, 0.05) is 27.0 Å². The van der Waals surface area contributed by atoms with Crippen molar-refractivity contribution in [3.05, 3.63) is 90.4 Å². The number of aromatic hydroxyl groups is 1. The van der Waals surface area contributed by atoms with Crippen LogP contribution >= 0.6 is 23.1 Å². The Bertz CT molecular complexity index is 1950. The minimum absolute atomic E-state index is 0.142. The van der Waals surface area contributed by atoms with Gasteiger partial charge in [0.1, 0.15) is 11.6 Å². The third-order valence-corrected chi connectivity index (χ3v) is 8.50. The fourth-order valence-corrected chi connectivity index (χ4v) is 6.33. The first-order valence-electron chi connectivity index (χ1n) is 12.9. The second-order valence-electron chi connectivity index (χ2n) is 10.6. The van der Waals surface area contributed by atoms with Crippen molar-refractivity contribution in [2.45, 2.75) is 36.0 Å². The predicted octanol–water partition coefficient (Wildman–Crippen LogP) is 7.23. The fraction of sp³-hybridized carbons (Fsp3) is 0.133. The van der Waals surface area contributed by atoms with Crippen molar-refractivity contribution >= 4 is 61.8 Å². The number of nitrogens with one attached hydrogen (secondary N) is 2. The van der Waals surface area contributed by atoms with Gasteiger partial charge in [-0.05, 0) is 66.7 Å². The number of amides is 2. The van der Waals surface area contributed by atoms with Crippen LogP contribution in [0.5, 0.6) is 5.75 Å². The van der Waals surface area contributed by atoms with Gasteiger partial charge in [0.05, 0.1) is 27.8 Å². The van der Waals surface area contributed by atoms with Gasteiger partial charge in [-0.1, -0.05) is 43.9 Å². The summed E-state index contributed by atoms with van der Waals surface area (Å²) >= 11 is 3.00. The molecule has 2 amide bonds. The van der Waals surface area contributed by atoms with E-state index >= 15 is 0 Å². The van der Waals surface area contributed by atoms with E-state index in [1.165, 1.54) is 17.5 Å². The Balaban J connectivity index is 1.15. The highest BCUT2D eigenvalue weighted by Crippen LogP contribution is 2.35. The number of aromatic nitrogens is 4. The molecule has 0 atom stereocenters. The maximum absolute atomic E-state index is 12.9. The van der Waals surface area contributed by atoms with Crippen molar-refractivity contribution in [3.8, 4) is 11.4 Å². The number of carboxylic acids is 1. The lowest BCUT2D eigenvalue weighted by atomic mass is 9.92. The van der Waals surface area contributed by atoms with E-state index in [4.69, 9.17) is 5.10 Å². The van der Waals surface area contributed by atoms with Gasteiger partial charge in [-0.25, -0.2) is 19.3 Å². The van der Waals surface area contributed by atoms with Crippen molar-refractivity contribution in [2.24, 2.45) is 0 Å². The Morgan fingerprint density at radius 3 is 2.33 bits per heavy atom. The maximum atomic E-state index is 12.9. The minimum atomic E-state index is -1.01. The van der Waals surface area contributed by atoms with Crippen molar-refractivity contribution in [1.29, 1.82) is 0 Å². The Morgan fingerprint density at radius 1 is 0.929 bits per heavy atom. The number of hydrogen-bond acceptors (Lipinski definition) is 7. The molecule has 4 N–H and O–H groups in total. The van der Waals surface area contributed by atoms with Gasteiger partial charge in [-0.15, -0.1) is 0 Å². The van der Waals surface area contributed by atoms with Crippen molar-refractivity contribution in [1.82, 2.24) is 19.2 Å². The third-order valence-electron chi connectivity index (χ3n) is 6.48. The number of aromatic carboxylic acids is 1. The second kappa shape index (κ2) is 10.5. The van der Waals surface area contributed by atoms with Crippen LogP contribution in [0.15, 0.2) is 88.8 Å². The van der Waals surface area contributed by atoms with Crippen molar-refractivity contribution in [2.75, 3.05) is 10.6 Å². The van der Waals surface area contributed by atoms with Gasteiger partial charge < -0.3 is 15.5 Å². The van der Waals surface area contributed by atoms with Crippen LogP contribution in [0, 0.1) is 0 Å². The SMILES string of the molecule is CC(C)(C)c1cc(NC(=O)Nc2ccc(Sc3ccc4c(c3)sc3ncc(C(=O)O)n34)cc2)n(-c2ccc(O)cc2)n1. The summed E-state index contributed by atoms with van der Waals surface area (Å²) in [5, 5.41) is 29.6. The Morgan fingerprint density at radius 2 is 1.64 bits per heavy atom. The molecule has 10 nitrogen and oxygen atoms in total. The Kier molecular flexibility index (Phi) is 6.87. The molecule has 0 fully saturated rings. The van der Waals surface area contributed by atoms with Crippen LogP contribution in [0.3, 0.4) is 0 Å². The summed E-state index contributed by atoms with van der Waals surface area (Å²) < 4.78 is 4.25. The number of carbonyl (C=O) groups is 2. The molecule has 0 spiro atoms. The lowest BCUT2D eigenvalue weighted by Gasteiger charge is -2.14. The number of benzene rings is 3. The number of urea groups is 1. The Labute approximate surface area is 248 Å². The number of carbonyl (C=O) groups excluding carboxylic acids is 1. The zero-order chi connectivity index (χ0) is 29.6. The highest BCUT2D eigenvalue weighted by atomic mass is 32.2. The number of carboxylic acid groups (broad SMARTS) is 1. The first kappa shape index (κ1) is 27.4. The summed E-state index contributed by atoms with van der Waals surface area (Å²) in [4.78, 5) is 31.3. The van der Waals surface area contributed by atoms with Crippen LogP contribution in [-0.2, 0) is 5.41 Å². The molecule has 3 aromatic carbocycles. The molecule has 0 radical (unpaired) electrons. The first-order chi connectivity index (χ1) is 20.0. The average molecular weight is 599 g/mol. The average Bonchev–Trinajstić information content (AvgIpc) is 3.64. The van der Waals surface area contributed by atoms with Crippen LogP contribution in [0.25, 0.3) is 20.9 Å². The van der Waals surface area contributed by atoms with Crippen LogP contribution < -0.4 is 10.6 Å². The molecule has 6 rings (SSSR count). The number of fused-ring (bicyclic) bond motifs is 3. The smallest absolute Gasteiger partial charge is 0.354 e. The van der Waals surface area contributed by atoms with Crippen LogP contribution in [0.2, 0.25) is 0 Å². The van der Waals surface area contributed by atoms with Gasteiger partial charge in [0.15, 0.2) is 10.7 Å². The van der Waals surface area contributed by atoms with E-state index in [1.807, 2.05) is 69.3 Å². The number of rotatable bonds is 6. The van der Waals surface area contributed by atoms with Crippen LogP contribution in [0.4, 0.5) is 16.3 Å². The number of imidazole rings is 1. The zero-order valence-corrected chi connectivity index (χ0v) is 24.5. The van der Waals surface area contributed by atoms with Crippen molar-refractivity contribution < 1.29 is 19.8 Å². The molecule has 0 saturated carbocycles. The largest absolute Gasteiger partial charge is 0.508 e. The number of hydrogen-bond donors (Lipinski definition) is 4. The van der Waals surface area contributed by atoms with E-state index in [9.17, 15) is 19.8 Å². The van der Waals surface area contributed by atoms with Crippen molar-refractivity contribution in [3.63, 3.8) is 0 Å². The van der Waals surface area contributed by atoms with E-state index in [1.54, 1.807) is 45.1 Å². The molecule has 42 heavy (non-hydrogen) atoms. The molecule has 12 heteroatoms. The van der Waals surface area contributed by atoms with Gasteiger partial charge in [0.2, 0.25) is 0 Å². The molecule has 0 aliphatic carbocycles. The van der Waals surface area contributed by atoms with Gasteiger partial charge in [-0.2, -0.15) is 5.10 Å². The molecule has 0 aliphatic rings. The van der Waals surface area contributed by atoms with E-state index in [0.717, 1.165) is 25.7 Å². The molecule has 212 valence electrons. The maximum Gasteiger partial charge on any atom is 0.354 e. The van der Waals surface area contributed by atoms with E-state index < -0.39 is 12.0 Å². The number of nitrogens with zero attached hydrogens (tertiary/aromatic N) is 4. The highest BCUT2D eigenvalue weighted by Gasteiger charge is 2.22. The third kappa shape index (κ3) is 5.41. The minimum Gasteiger partial charge on any atom is -0.508 e. The number of phenols is 1. The molecule has 0 saturated heterocycles. The number of thiazole rings is 1. The zero-order valence-electron chi connectivity index (χ0n) is 22.8. The number of anilines is 2. The standard InChI is InChI=1S/C30H26N6O4S2/c1-30(2,3)25-15-26(36(34-25)18-6-8-19(37)9-7-18)33-28(40)32-17-4-10-20(11-5-17)41-21-12-13-22-24(14-21)42-29-31-16-23(27(38)39)35(22)29/h4-16,37H,1-3H3,(H,38,39)(H2,32,33,40). The van der Waals surface area contributed by atoms with E-state index in [-0.39, 0.29) is 16.9 Å². The second-order valence-corrected chi connectivity index (χ2v) is 12.8. The van der Waals surface area contributed by atoms with E-state index in [2.05, 4.69) is 15.6 Å². The number of phenolic OH excluding ortho intramolecular Hbond substituents is 1. The molecule has 3 heterocycles. The Hall–Kier alpha value is -4.81. The summed E-state index contributed by atoms with van der Waals surface area (Å²) in [6.07, 6.45) is 1.37. The molecule has 0 aliphatic heterocycles. The highest BCUT2D eigenvalue weighted by molar-refractivity contribution is 7.99. The van der Waals surface area contributed by atoms with E-state index in [0.29, 0.717) is 22.2 Å². The van der Waals surface area contributed by atoms with Gasteiger partial charge >= 0.3 is 12.0 Å². The molecule has 6 aromatic rings. The normalized spacial score (nSPS) is 11.7. The summed E-state index contributed by atoms with van der Waals surface area (Å²) in [5.74, 6) is -0.365. The lowest BCUT2D eigenvalue weighted by Crippen LogP contribution is -2.21. The van der Waals surface area contributed by atoms with Crippen LogP contribution in [0.1, 0.15) is 37.0 Å². The predicted molar refractivity (Wildman–Crippen MR) is 165 cm³/mol. The fourth-order valence-electron chi connectivity index (χ4n) is 4.36. The van der Waals surface area contributed by atoms with Crippen LogP contribution in [-0.4, -0.2) is 41.4 Å². The summed E-state index contributed by atoms with van der Waals surface area (Å²) in [5.41, 5.74) is 2.86. The molecule has 0 bridgehead atoms. The molecule has 0 unspecified atom stereocenters. The lowest BCUT2D eigenvalue weighted by molar-refractivity contribution is 0.0690.